The summed E-state index contributed by atoms with van der Waals surface area (Å²) in [7, 11) is 0. The molecule has 1 saturated carbocycles. The number of carbonyl (C=O) groups is 1. The smallest absolute Gasteiger partial charge is 0.324 e. The van der Waals surface area contributed by atoms with Gasteiger partial charge in [-0.15, -0.1) is 11.6 Å². The molecule has 2 rings (SSSR count). The molecule has 0 aliphatic heterocycles. The lowest BCUT2D eigenvalue weighted by atomic mass is 9.83. The molecule has 0 radical (unpaired) electrons. The first-order valence-corrected chi connectivity index (χ1v) is 7.54. The fourth-order valence-corrected chi connectivity index (χ4v) is 3.42. The number of hydrogen-bond acceptors (Lipinski definition) is 4. The predicted octanol–water partition coefficient (Wildman–Crippen LogP) is 3.33. The van der Waals surface area contributed by atoms with Gasteiger partial charge in [0, 0.05) is 11.9 Å². The molecule has 1 aliphatic rings. The summed E-state index contributed by atoms with van der Waals surface area (Å²) in [5.74, 6) is 0.118. The third-order valence-electron chi connectivity index (χ3n) is 3.44. The van der Waals surface area contributed by atoms with Crippen molar-refractivity contribution in [3.8, 4) is 0 Å². The second kappa shape index (κ2) is 5.88. The molecule has 0 unspecified atom stereocenters. The number of halogens is 1. The number of carbonyl (C=O) groups excluding carboxylic acids is 1. The Hall–Kier alpha value is -1.14. The summed E-state index contributed by atoms with van der Waals surface area (Å²) in [5, 5.41) is 13.6. The van der Waals surface area contributed by atoms with Gasteiger partial charge in [0.15, 0.2) is 0 Å². The summed E-state index contributed by atoms with van der Waals surface area (Å²) in [4.78, 5) is 22.6. The molecule has 0 bridgehead atoms. The Bertz CT molecular complexity index is 483. The van der Waals surface area contributed by atoms with Crippen molar-refractivity contribution in [3.05, 3.63) is 27.1 Å². The highest BCUT2D eigenvalue weighted by Gasteiger charge is 2.33. The lowest BCUT2D eigenvalue weighted by Crippen LogP contribution is -2.51. The second-order valence-electron chi connectivity index (χ2n) is 4.82. The van der Waals surface area contributed by atoms with E-state index in [9.17, 15) is 14.9 Å². The van der Waals surface area contributed by atoms with E-state index < -0.39 is 4.92 Å². The van der Waals surface area contributed by atoms with E-state index >= 15 is 0 Å². The number of hydrogen-bond donors (Lipinski definition) is 1. The van der Waals surface area contributed by atoms with Crippen molar-refractivity contribution in [2.75, 3.05) is 5.88 Å². The molecule has 1 heterocycles. The van der Waals surface area contributed by atoms with Crippen molar-refractivity contribution in [2.45, 2.75) is 37.6 Å². The molecular formula is C12H15ClN2O3S. The summed E-state index contributed by atoms with van der Waals surface area (Å²) < 4.78 is 0. The summed E-state index contributed by atoms with van der Waals surface area (Å²) in [6.07, 6.45) is 5.01. The number of nitro groups is 1. The van der Waals surface area contributed by atoms with Crippen LogP contribution in [0.2, 0.25) is 0 Å². The highest BCUT2D eigenvalue weighted by molar-refractivity contribution is 7.17. The van der Waals surface area contributed by atoms with Crippen molar-refractivity contribution in [1.29, 1.82) is 0 Å². The zero-order valence-corrected chi connectivity index (χ0v) is 11.9. The Morgan fingerprint density at radius 3 is 2.63 bits per heavy atom. The molecule has 7 heteroatoms. The lowest BCUT2D eigenvalue weighted by molar-refractivity contribution is -0.380. The maximum Gasteiger partial charge on any atom is 0.324 e. The summed E-state index contributed by atoms with van der Waals surface area (Å²) >= 11 is 6.90. The second-order valence-corrected chi connectivity index (χ2v) is 6.15. The van der Waals surface area contributed by atoms with Crippen LogP contribution in [0, 0.1) is 10.1 Å². The molecule has 5 nitrogen and oxygen atoms in total. The van der Waals surface area contributed by atoms with E-state index in [4.69, 9.17) is 11.6 Å². The normalized spacial score (nSPS) is 17.9. The van der Waals surface area contributed by atoms with Gasteiger partial charge in [0.05, 0.1) is 15.3 Å². The largest absolute Gasteiger partial charge is 0.345 e. The first-order valence-electron chi connectivity index (χ1n) is 6.19. The van der Waals surface area contributed by atoms with Gasteiger partial charge in [-0.3, -0.25) is 14.9 Å². The van der Waals surface area contributed by atoms with Gasteiger partial charge >= 0.3 is 5.00 Å². The Balaban J connectivity index is 2.08. The molecule has 0 saturated heterocycles. The minimum absolute atomic E-state index is 0.0197. The fraction of sp³-hybridized carbons (Fsp3) is 0.583. The Morgan fingerprint density at radius 2 is 2.11 bits per heavy atom. The van der Waals surface area contributed by atoms with Gasteiger partial charge in [-0.1, -0.05) is 30.6 Å². The zero-order chi connectivity index (χ0) is 13.9. The molecule has 19 heavy (non-hydrogen) atoms. The SMILES string of the molecule is O=C(NC1(CCl)CCCCC1)c1ccc([N+](=O)[O-])s1. The number of thiophene rings is 1. The third kappa shape index (κ3) is 3.25. The van der Waals surface area contributed by atoms with Gasteiger partial charge in [-0.2, -0.15) is 0 Å². The van der Waals surface area contributed by atoms with Crippen molar-refractivity contribution in [2.24, 2.45) is 0 Å². The predicted molar refractivity (Wildman–Crippen MR) is 75.0 cm³/mol. The van der Waals surface area contributed by atoms with Crippen LogP contribution in [-0.4, -0.2) is 22.2 Å². The van der Waals surface area contributed by atoms with Gasteiger partial charge in [0.25, 0.3) is 5.91 Å². The molecule has 0 spiro atoms. The number of alkyl halides is 1. The van der Waals surface area contributed by atoms with Crippen molar-refractivity contribution >= 4 is 33.8 Å². The highest BCUT2D eigenvalue weighted by Crippen LogP contribution is 2.31. The minimum atomic E-state index is -0.487. The summed E-state index contributed by atoms with van der Waals surface area (Å²) in [6, 6.07) is 2.84. The Labute approximate surface area is 120 Å². The average molecular weight is 303 g/mol. The molecule has 104 valence electrons. The fourth-order valence-electron chi connectivity index (χ4n) is 2.37. The number of amides is 1. The van der Waals surface area contributed by atoms with Crippen molar-refractivity contribution < 1.29 is 9.72 Å². The van der Waals surface area contributed by atoms with Crippen LogP contribution in [0.5, 0.6) is 0 Å². The molecule has 1 aliphatic carbocycles. The average Bonchev–Trinajstić information content (AvgIpc) is 2.89. The van der Waals surface area contributed by atoms with E-state index in [1.165, 1.54) is 18.6 Å². The van der Waals surface area contributed by atoms with Crippen LogP contribution in [0.15, 0.2) is 12.1 Å². The first-order chi connectivity index (χ1) is 9.06. The van der Waals surface area contributed by atoms with Crippen LogP contribution in [0.3, 0.4) is 0 Å². The van der Waals surface area contributed by atoms with Crippen molar-refractivity contribution in [1.82, 2.24) is 5.32 Å². The van der Waals surface area contributed by atoms with Crippen LogP contribution in [0.4, 0.5) is 5.00 Å². The van der Waals surface area contributed by atoms with Gasteiger partial charge in [-0.05, 0) is 18.9 Å². The minimum Gasteiger partial charge on any atom is -0.345 e. The van der Waals surface area contributed by atoms with Gasteiger partial charge in [0.1, 0.15) is 0 Å². The number of nitrogens with one attached hydrogen (secondary N) is 1. The summed E-state index contributed by atoms with van der Waals surface area (Å²) in [6.45, 7) is 0. The first kappa shape index (κ1) is 14.3. The van der Waals surface area contributed by atoms with E-state index in [1.54, 1.807) is 0 Å². The molecule has 1 aromatic rings. The maximum absolute atomic E-state index is 12.1. The van der Waals surface area contributed by atoms with Crippen LogP contribution < -0.4 is 5.32 Å². The van der Waals surface area contributed by atoms with Crippen LogP contribution >= 0.6 is 22.9 Å². The van der Waals surface area contributed by atoms with Gasteiger partial charge in [0.2, 0.25) is 0 Å². The van der Waals surface area contributed by atoms with Crippen LogP contribution in [0.25, 0.3) is 0 Å². The quantitative estimate of drug-likeness (QED) is 0.527. The van der Waals surface area contributed by atoms with E-state index in [-0.39, 0.29) is 16.4 Å². The maximum atomic E-state index is 12.1. The molecule has 1 N–H and O–H groups in total. The van der Waals surface area contributed by atoms with Crippen molar-refractivity contribution in [3.63, 3.8) is 0 Å². The highest BCUT2D eigenvalue weighted by atomic mass is 35.5. The van der Waals surface area contributed by atoms with E-state index in [2.05, 4.69) is 5.32 Å². The van der Waals surface area contributed by atoms with E-state index in [0.29, 0.717) is 10.8 Å². The molecule has 0 aromatic carbocycles. The molecular weight excluding hydrogens is 288 g/mol. The zero-order valence-electron chi connectivity index (χ0n) is 10.4. The van der Waals surface area contributed by atoms with Gasteiger partial charge in [-0.25, -0.2) is 0 Å². The summed E-state index contributed by atoms with van der Waals surface area (Å²) in [5.41, 5.74) is -0.352. The monoisotopic (exact) mass is 302 g/mol. The lowest BCUT2D eigenvalue weighted by Gasteiger charge is -2.36. The molecule has 0 atom stereocenters. The Morgan fingerprint density at radius 1 is 1.42 bits per heavy atom. The van der Waals surface area contributed by atoms with Crippen LogP contribution in [0.1, 0.15) is 41.8 Å². The molecule has 1 fully saturated rings. The van der Waals surface area contributed by atoms with E-state index in [1.807, 2.05) is 0 Å². The standard InChI is InChI=1S/C12H15ClN2O3S/c13-8-12(6-2-1-3-7-12)14-11(16)9-4-5-10(19-9)15(17)18/h4-5H,1-3,6-8H2,(H,14,16). The molecule has 1 amide bonds. The molecule has 1 aromatic heterocycles. The van der Waals surface area contributed by atoms with Crippen LogP contribution in [-0.2, 0) is 0 Å². The van der Waals surface area contributed by atoms with Gasteiger partial charge < -0.3 is 5.32 Å². The third-order valence-corrected chi connectivity index (χ3v) is 4.99. The number of rotatable bonds is 4. The topological polar surface area (TPSA) is 72.2 Å². The van der Waals surface area contributed by atoms with E-state index in [0.717, 1.165) is 37.0 Å². The number of nitrogens with zero attached hydrogens (tertiary/aromatic N) is 1. The Kier molecular flexibility index (Phi) is 4.42.